The van der Waals surface area contributed by atoms with Gasteiger partial charge in [0.25, 0.3) is 5.92 Å². The number of carbonyl (C=O) groups is 1. The molecule has 46 heavy (non-hydrogen) atoms. The molecule has 2 aliphatic rings. The molecule has 1 N–H and O–H groups in total. The number of imidazole rings is 1. The number of aliphatic carboxylic acids is 1. The number of pyridine rings is 1. The fourth-order valence-electron chi connectivity index (χ4n) is 6.87. The quantitative estimate of drug-likeness (QED) is 0.188. The topological polar surface area (TPSA) is 80.5 Å². The highest BCUT2D eigenvalue weighted by Gasteiger charge is 2.36. The van der Waals surface area contributed by atoms with Gasteiger partial charge in [-0.1, -0.05) is 43.2 Å². The molecule has 1 saturated carbocycles. The Hall–Kier alpha value is -4.60. The number of piperidine rings is 1. The Kier molecular flexibility index (Phi) is 8.04. The highest BCUT2D eigenvalue weighted by molar-refractivity contribution is 5.79. The first kappa shape index (κ1) is 30.1. The van der Waals surface area contributed by atoms with Gasteiger partial charge in [0, 0.05) is 54.6 Å². The molecule has 1 unspecified atom stereocenters. The average Bonchev–Trinajstić information content (AvgIpc) is 3.41. The second-order valence-corrected chi connectivity index (χ2v) is 12.4. The number of anilines is 1. The second kappa shape index (κ2) is 12.3. The minimum Gasteiger partial charge on any atom is -0.487 e. The van der Waals surface area contributed by atoms with Crippen LogP contribution < -0.4 is 9.64 Å². The number of carboxylic acid groups (broad SMARTS) is 1. The molecule has 1 saturated heterocycles. The number of benzene rings is 3. The van der Waals surface area contributed by atoms with Crippen molar-refractivity contribution in [1.29, 1.82) is 0 Å². The van der Waals surface area contributed by atoms with Gasteiger partial charge in [-0.15, -0.1) is 0 Å². The minimum absolute atomic E-state index is 0.153. The van der Waals surface area contributed by atoms with Crippen LogP contribution in [0.4, 0.5) is 18.9 Å². The number of rotatable bonds is 8. The van der Waals surface area contributed by atoms with Crippen LogP contribution in [-0.2, 0) is 17.9 Å². The van der Waals surface area contributed by atoms with Crippen LogP contribution in [0, 0.1) is 11.7 Å². The van der Waals surface area contributed by atoms with Crippen LogP contribution in [-0.4, -0.2) is 44.6 Å². The molecule has 2 aromatic heterocycles. The van der Waals surface area contributed by atoms with Gasteiger partial charge in [0.1, 0.15) is 24.0 Å². The Labute approximate surface area is 264 Å². The zero-order valence-corrected chi connectivity index (χ0v) is 25.3. The zero-order chi connectivity index (χ0) is 31.8. The first-order valence-electron chi connectivity index (χ1n) is 15.9. The molecule has 3 heterocycles. The van der Waals surface area contributed by atoms with E-state index in [1.54, 1.807) is 17.0 Å². The molecule has 7 nitrogen and oxygen atoms in total. The Morgan fingerprint density at radius 3 is 2.54 bits per heavy atom. The van der Waals surface area contributed by atoms with Gasteiger partial charge in [-0.2, -0.15) is 0 Å². The summed E-state index contributed by atoms with van der Waals surface area (Å²) in [7, 11) is 0. The Balaban J connectivity index is 1.19. The molecule has 10 heteroatoms. The molecule has 1 aliphatic carbocycles. The number of hydrogen-bond acceptors (Lipinski definition) is 5. The zero-order valence-electron chi connectivity index (χ0n) is 25.3. The summed E-state index contributed by atoms with van der Waals surface area (Å²) < 4.78 is 51.0. The van der Waals surface area contributed by atoms with Crippen molar-refractivity contribution in [3.63, 3.8) is 0 Å². The maximum Gasteiger partial charge on any atom is 0.307 e. The minimum atomic E-state index is -2.68. The van der Waals surface area contributed by atoms with Crippen molar-refractivity contribution < 1.29 is 27.8 Å². The van der Waals surface area contributed by atoms with E-state index in [0.29, 0.717) is 41.2 Å². The van der Waals surface area contributed by atoms with Crippen LogP contribution in [0.3, 0.4) is 0 Å². The predicted molar refractivity (Wildman–Crippen MR) is 170 cm³/mol. The van der Waals surface area contributed by atoms with Crippen LogP contribution in [0.1, 0.15) is 61.5 Å². The number of nitrogens with zero attached hydrogens (tertiary/aromatic N) is 4. The molecule has 0 spiro atoms. The average molecular weight is 629 g/mol. The van der Waals surface area contributed by atoms with Crippen molar-refractivity contribution in [2.24, 2.45) is 5.92 Å². The van der Waals surface area contributed by atoms with E-state index in [0.717, 1.165) is 35.0 Å². The molecule has 0 amide bonds. The Morgan fingerprint density at radius 1 is 0.935 bits per heavy atom. The first-order chi connectivity index (χ1) is 22.2. The highest BCUT2D eigenvalue weighted by atomic mass is 19.3. The molecule has 7 rings (SSSR count). The van der Waals surface area contributed by atoms with Gasteiger partial charge < -0.3 is 19.3 Å². The summed E-state index contributed by atoms with van der Waals surface area (Å²) in [6.07, 6.45) is 2.47. The van der Waals surface area contributed by atoms with Crippen molar-refractivity contribution in [3.05, 3.63) is 95.7 Å². The lowest BCUT2D eigenvalue weighted by Crippen LogP contribution is -2.39. The summed E-state index contributed by atoms with van der Waals surface area (Å²) in [4.78, 5) is 23.7. The van der Waals surface area contributed by atoms with Crippen molar-refractivity contribution in [2.75, 3.05) is 18.0 Å². The Bertz CT molecular complexity index is 1900. The number of hydrogen-bond donors (Lipinski definition) is 1. The van der Waals surface area contributed by atoms with Crippen LogP contribution in [0.15, 0.2) is 72.8 Å². The molecule has 5 aromatic rings. The molecule has 3 aromatic carbocycles. The summed E-state index contributed by atoms with van der Waals surface area (Å²) in [5.74, 6) is -3.65. The van der Waals surface area contributed by atoms with E-state index in [1.165, 1.54) is 6.07 Å². The van der Waals surface area contributed by atoms with E-state index in [4.69, 9.17) is 9.72 Å². The standard InChI is InChI=1S/C36H35F3N4O3/c37-30-19-26(42-17-15-36(38,39)16-18-42)12-10-24(30)21-43-33-14-13-27(46-22-25-11-9-23-5-1-4-8-31(23)40-25)20-32(33)41-34(43)28-6-2-3-7-29(28)35(44)45/h1,4-5,8-14,19-20,28-29H,2-3,6-7,15-18,21-22H2,(H,44,45)/t28-,29?/m1/s1. The van der Waals surface area contributed by atoms with Gasteiger partial charge in [0.05, 0.1) is 34.7 Å². The highest BCUT2D eigenvalue weighted by Crippen LogP contribution is 2.40. The van der Waals surface area contributed by atoms with Gasteiger partial charge in [0.15, 0.2) is 0 Å². The van der Waals surface area contributed by atoms with Crippen LogP contribution in [0.25, 0.3) is 21.9 Å². The third-order valence-corrected chi connectivity index (χ3v) is 9.43. The lowest BCUT2D eigenvalue weighted by molar-refractivity contribution is -0.143. The van der Waals surface area contributed by atoms with E-state index >= 15 is 4.39 Å². The number of aromatic nitrogens is 3. The molecule has 1 aliphatic heterocycles. The third-order valence-electron chi connectivity index (χ3n) is 9.43. The molecule has 0 radical (unpaired) electrons. The van der Waals surface area contributed by atoms with E-state index in [2.05, 4.69) is 4.98 Å². The monoisotopic (exact) mass is 628 g/mol. The second-order valence-electron chi connectivity index (χ2n) is 12.4. The van der Waals surface area contributed by atoms with Crippen molar-refractivity contribution in [2.45, 2.75) is 63.5 Å². The Morgan fingerprint density at radius 2 is 1.74 bits per heavy atom. The normalized spacial score (nSPS) is 19.8. The summed E-state index contributed by atoms with van der Waals surface area (Å²) in [6, 6.07) is 22.3. The summed E-state index contributed by atoms with van der Waals surface area (Å²) in [5.41, 5.74) is 4.06. The third kappa shape index (κ3) is 6.12. The van der Waals surface area contributed by atoms with Crippen LogP contribution in [0.5, 0.6) is 5.75 Å². The number of ether oxygens (including phenoxy) is 1. The van der Waals surface area contributed by atoms with Gasteiger partial charge in [-0.05, 0) is 49.2 Å². The molecular weight excluding hydrogens is 593 g/mol. The van der Waals surface area contributed by atoms with Crippen LogP contribution >= 0.6 is 0 Å². The van der Waals surface area contributed by atoms with E-state index in [-0.39, 0.29) is 45.0 Å². The number of fused-ring (bicyclic) bond motifs is 2. The SMILES string of the molecule is O=C(O)C1CCCC[C@H]1c1nc2cc(OCc3ccc4ccccc4n3)ccc2n1Cc1ccc(N2CCC(F)(F)CC2)cc1F. The lowest BCUT2D eigenvalue weighted by atomic mass is 9.78. The first-order valence-corrected chi connectivity index (χ1v) is 15.9. The maximum absolute atomic E-state index is 15.6. The smallest absolute Gasteiger partial charge is 0.307 e. The van der Waals surface area contributed by atoms with Crippen molar-refractivity contribution >= 4 is 33.6 Å². The fraction of sp³-hybridized carbons (Fsp3) is 0.361. The lowest BCUT2D eigenvalue weighted by Gasteiger charge is -2.33. The summed E-state index contributed by atoms with van der Waals surface area (Å²) in [5, 5.41) is 11.1. The van der Waals surface area contributed by atoms with Crippen LogP contribution in [0.2, 0.25) is 0 Å². The number of halogens is 3. The van der Waals surface area contributed by atoms with Crippen molar-refractivity contribution in [1.82, 2.24) is 14.5 Å². The molecule has 0 bridgehead atoms. The van der Waals surface area contributed by atoms with Gasteiger partial charge in [0.2, 0.25) is 0 Å². The molecule has 2 atom stereocenters. The summed E-state index contributed by atoms with van der Waals surface area (Å²) >= 11 is 0. The van der Waals surface area contributed by atoms with E-state index in [9.17, 15) is 18.7 Å². The molecular formula is C36H35F3N4O3. The number of para-hydroxylation sites is 1. The predicted octanol–water partition coefficient (Wildman–Crippen LogP) is 7.94. The molecule has 238 valence electrons. The largest absolute Gasteiger partial charge is 0.487 e. The van der Waals surface area contributed by atoms with Gasteiger partial charge in [-0.3, -0.25) is 4.79 Å². The van der Waals surface area contributed by atoms with Gasteiger partial charge in [-0.25, -0.2) is 23.1 Å². The van der Waals surface area contributed by atoms with E-state index < -0.39 is 23.6 Å². The number of alkyl halides is 2. The van der Waals surface area contributed by atoms with Gasteiger partial charge >= 0.3 is 5.97 Å². The summed E-state index contributed by atoms with van der Waals surface area (Å²) in [6.45, 7) is 0.753. The van der Waals surface area contributed by atoms with E-state index in [1.807, 2.05) is 59.2 Å². The molecule has 2 fully saturated rings. The number of carboxylic acids is 1. The van der Waals surface area contributed by atoms with Crippen molar-refractivity contribution in [3.8, 4) is 5.75 Å². The fourth-order valence-corrected chi connectivity index (χ4v) is 6.87. The maximum atomic E-state index is 15.6.